The Bertz CT molecular complexity index is 765. The molecule has 1 fully saturated rings. The van der Waals surface area contributed by atoms with Crippen molar-refractivity contribution in [1.29, 1.82) is 0 Å². The summed E-state index contributed by atoms with van der Waals surface area (Å²) in [6.07, 6.45) is 3.32. The fraction of sp³-hybridized carbons (Fsp3) is 0.294. The summed E-state index contributed by atoms with van der Waals surface area (Å²) in [7, 11) is 0. The third-order valence-corrected chi connectivity index (χ3v) is 3.76. The zero-order valence-electron chi connectivity index (χ0n) is 12.4. The molecule has 1 saturated heterocycles. The summed E-state index contributed by atoms with van der Waals surface area (Å²) < 4.78 is 26.2. The van der Waals surface area contributed by atoms with E-state index in [4.69, 9.17) is 9.47 Å². The topological polar surface area (TPSA) is 57.5 Å². The lowest BCUT2D eigenvalue weighted by Gasteiger charge is -2.23. The van der Waals surface area contributed by atoms with Gasteiger partial charge in [0.2, 0.25) is 0 Å². The van der Waals surface area contributed by atoms with E-state index in [0.29, 0.717) is 38.0 Å². The van der Waals surface area contributed by atoms with Crippen molar-refractivity contribution in [2.24, 2.45) is 0 Å². The molecule has 23 heavy (non-hydrogen) atoms. The molecule has 1 aromatic heterocycles. The van der Waals surface area contributed by atoms with Crippen LogP contribution in [0.1, 0.15) is 23.2 Å². The number of hydrogen-bond donors (Lipinski definition) is 0. The number of pyridine rings is 1. The number of ether oxygens (including phenoxy) is 2. The summed E-state index contributed by atoms with van der Waals surface area (Å²) in [5.41, 5.74) is 0.0389. The van der Waals surface area contributed by atoms with Gasteiger partial charge in [0, 0.05) is 25.1 Å². The molecule has 0 spiro atoms. The lowest BCUT2D eigenvalue weighted by molar-refractivity contribution is 0.0240. The second-order valence-electron chi connectivity index (χ2n) is 5.30. The standard InChI is InChI=1S/C17H16FNO4/c18-15-4-3-13(19-7-1-2-12(11-20)17(19)21)10-16(15)23-14-5-8-22-9-6-14/h1-4,7,10-11,14H,5-6,8-9H2. The van der Waals surface area contributed by atoms with Crippen molar-refractivity contribution in [3.63, 3.8) is 0 Å². The van der Waals surface area contributed by atoms with Crippen LogP contribution in [0.5, 0.6) is 5.75 Å². The normalized spacial score (nSPS) is 15.3. The van der Waals surface area contributed by atoms with E-state index in [-0.39, 0.29) is 17.4 Å². The Morgan fingerprint density at radius 3 is 2.78 bits per heavy atom. The molecule has 0 N–H and O–H groups in total. The van der Waals surface area contributed by atoms with E-state index < -0.39 is 11.4 Å². The Balaban J connectivity index is 1.94. The molecule has 0 aliphatic carbocycles. The number of benzene rings is 1. The fourth-order valence-electron chi connectivity index (χ4n) is 2.51. The van der Waals surface area contributed by atoms with Crippen LogP contribution in [0.3, 0.4) is 0 Å². The third-order valence-electron chi connectivity index (χ3n) is 3.76. The Kier molecular flexibility index (Phi) is 4.52. The van der Waals surface area contributed by atoms with Crippen LogP contribution in [0.25, 0.3) is 5.69 Å². The number of aromatic nitrogens is 1. The Labute approximate surface area is 132 Å². The van der Waals surface area contributed by atoms with Gasteiger partial charge in [-0.25, -0.2) is 4.39 Å². The lowest BCUT2D eigenvalue weighted by atomic mass is 10.1. The average molecular weight is 317 g/mol. The Morgan fingerprint density at radius 2 is 2.04 bits per heavy atom. The van der Waals surface area contributed by atoms with E-state index in [1.54, 1.807) is 6.07 Å². The summed E-state index contributed by atoms with van der Waals surface area (Å²) >= 11 is 0. The summed E-state index contributed by atoms with van der Waals surface area (Å²) in [6.45, 7) is 1.18. The highest BCUT2D eigenvalue weighted by Gasteiger charge is 2.18. The van der Waals surface area contributed by atoms with Gasteiger partial charge in [0.1, 0.15) is 6.10 Å². The molecule has 6 heteroatoms. The fourth-order valence-corrected chi connectivity index (χ4v) is 2.51. The van der Waals surface area contributed by atoms with Crippen LogP contribution in [-0.4, -0.2) is 30.2 Å². The Hall–Kier alpha value is -2.47. The van der Waals surface area contributed by atoms with Crippen LogP contribution in [-0.2, 0) is 4.74 Å². The number of hydrogen-bond acceptors (Lipinski definition) is 4. The first kappa shape index (κ1) is 15.4. The van der Waals surface area contributed by atoms with E-state index in [1.807, 2.05) is 0 Å². The van der Waals surface area contributed by atoms with Gasteiger partial charge >= 0.3 is 0 Å². The van der Waals surface area contributed by atoms with Gasteiger partial charge in [-0.2, -0.15) is 0 Å². The van der Waals surface area contributed by atoms with Gasteiger partial charge in [-0.05, 0) is 24.3 Å². The first-order chi connectivity index (χ1) is 11.2. The van der Waals surface area contributed by atoms with E-state index in [9.17, 15) is 14.0 Å². The summed E-state index contributed by atoms with van der Waals surface area (Å²) in [5.74, 6) is -0.391. The van der Waals surface area contributed by atoms with Crippen molar-refractivity contribution < 1.29 is 18.7 Å². The maximum absolute atomic E-state index is 14.0. The van der Waals surface area contributed by atoms with Crippen LogP contribution >= 0.6 is 0 Å². The number of carbonyl (C=O) groups excluding carboxylic acids is 1. The van der Waals surface area contributed by atoms with Crippen molar-refractivity contribution in [1.82, 2.24) is 4.57 Å². The minimum atomic E-state index is -0.486. The van der Waals surface area contributed by atoms with E-state index in [2.05, 4.69) is 0 Å². The minimum absolute atomic E-state index is 0.0451. The quantitative estimate of drug-likeness (QED) is 0.812. The van der Waals surface area contributed by atoms with Gasteiger partial charge in [0.25, 0.3) is 5.56 Å². The van der Waals surface area contributed by atoms with Gasteiger partial charge in [0.05, 0.1) is 24.5 Å². The molecule has 1 aliphatic rings. The highest BCUT2D eigenvalue weighted by Crippen LogP contribution is 2.24. The zero-order chi connectivity index (χ0) is 16.2. The molecule has 2 heterocycles. The first-order valence-corrected chi connectivity index (χ1v) is 7.40. The maximum atomic E-state index is 14.0. The molecule has 3 rings (SSSR count). The number of aldehydes is 1. The number of halogens is 1. The van der Waals surface area contributed by atoms with Gasteiger partial charge in [0.15, 0.2) is 17.9 Å². The molecule has 0 unspecified atom stereocenters. The second-order valence-corrected chi connectivity index (χ2v) is 5.30. The van der Waals surface area contributed by atoms with Crippen LogP contribution < -0.4 is 10.3 Å². The summed E-state index contributed by atoms with van der Waals surface area (Å²) in [4.78, 5) is 23.1. The molecule has 0 saturated carbocycles. The van der Waals surface area contributed by atoms with Crippen molar-refractivity contribution in [2.45, 2.75) is 18.9 Å². The molecule has 0 atom stereocenters. The molecule has 2 aromatic rings. The summed E-state index contributed by atoms with van der Waals surface area (Å²) in [6, 6.07) is 7.23. The first-order valence-electron chi connectivity index (χ1n) is 7.40. The average Bonchev–Trinajstić information content (AvgIpc) is 2.58. The molecule has 0 amide bonds. The van der Waals surface area contributed by atoms with Crippen molar-refractivity contribution in [3.05, 3.63) is 58.3 Å². The number of nitrogens with zero attached hydrogens (tertiary/aromatic N) is 1. The van der Waals surface area contributed by atoms with Crippen LogP contribution in [0.4, 0.5) is 4.39 Å². The van der Waals surface area contributed by atoms with Gasteiger partial charge in [-0.1, -0.05) is 0 Å². The second kappa shape index (κ2) is 6.75. The highest BCUT2D eigenvalue weighted by atomic mass is 19.1. The summed E-state index contributed by atoms with van der Waals surface area (Å²) in [5, 5.41) is 0. The molecule has 120 valence electrons. The molecule has 5 nitrogen and oxygen atoms in total. The largest absolute Gasteiger partial charge is 0.487 e. The Morgan fingerprint density at radius 1 is 1.26 bits per heavy atom. The molecule has 1 aliphatic heterocycles. The van der Waals surface area contributed by atoms with E-state index in [0.717, 1.165) is 0 Å². The van der Waals surface area contributed by atoms with Crippen molar-refractivity contribution in [3.8, 4) is 11.4 Å². The number of carbonyl (C=O) groups is 1. The molecule has 0 bridgehead atoms. The molecule has 0 radical (unpaired) electrons. The van der Waals surface area contributed by atoms with Crippen molar-refractivity contribution >= 4 is 6.29 Å². The van der Waals surface area contributed by atoms with E-state index >= 15 is 0 Å². The monoisotopic (exact) mass is 317 g/mol. The number of rotatable bonds is 4. The highest BCUT2D eigenvalue weighted by molar-refractivity contribution is 5.74. The van der Waals surface area contributed by atoms with Gasteiger partial charge < -0.3 is 9.47 Å². The van der Waals surface area contributed by atoms with Crippen molar-refractivity contribution in [2.75, 3.05) is 13.2 Å². The SMILES string of the molecule is O=Cc1cccn(-c2ccc(F)c(OC3CCOCC3)c2)c1=O. The van der Waals surface area contributed by atoms with Crippen LogP contribution in [0.2, 0.25) is 0 Å². The third kappa shape index (κ3) is 3.32. The molecular formula is C17H16FNO4. The van der Waals surface area contributed by atoms with Gasteiger partial charge in [-0.15, -0.1) is 0 Å². The molecular weight excluding hydrogens is 301 g/mol. The van der Waals surface area contributed by atoms with E-state index in [1.165, 1.54) is 35.0 Å². The van der Waals surface area contributed by atoms with Crippen LogP contribution in [0, 0.1) is 5.82 Å². The smallest absolute Gasteiger partial charge is 0.265 e. The predicted molar refractivity (Wildman–Crippen MR) is 81.9 cm³/mol. The predicted octanol–water partition coefficient (Wildman–Crippen LogP) is 2.35. The molecule has 1 aromatic carbocycles. The maximum Gasteiger partial charge on any atom is 0.265 e. The lowest BCUT2D eigenvalue weighted by Crippen LogP contribution is -2.26. The van der Waals surface area contributed by atoms with Gasteiger partial charge in [-0.3, -0.25) is 14.2 Å². The van der Waals surface area contributed by atoms with Crippen LogP contribution in [0.15, 0.2) is 41.3 Å². The zero-order valence-corrected chi connectivity index (χ0v) is 12.4. The minimum Gasteiger partial charge on any atom is -0.487 e.